The molecule has 6 heteroatoms. The molecular weight excluding hydrogens is 357 g/mol. The molecule has 1 heterocycles. The van der Waals surface area contributed by atoms with Crippen molar-refractivity contribution in [2.45, 2.75) is 13.5 Å². The van der Waals surface area contributed by atoms with Crippen molar-refractivity contribution in [2.75, 3.05) is 11.9 Å². The Morgan fingerprint density at radius 3 is 2.57 bits per heavy atom. The van der Waals surface area contributed by atoms with Crippen molar-refractivity contribution >= 4 is 22.5 Å². The molecule has 0 amide bonds. The zero-order chi connectivity index (χ0) is 19.7. The lowest BCUT2D eigenvalue weighted by Gasteiger charge is -2.20. The van der Waals surface area contributed by atoms with E-state index < -0.39 is 0 Å². The van der Waals surface area contributed by atoms with Gasteiger partial charge in [-0.1, -0.05) is 30.3 Å². The van der Waals surface area contributed by atoms with Crippen LogP contribution in [0, 0.1) is 5.82 Å². The predicted molar refractivity (Wildman–Crippen MR) is 106 cm³/mol. The molecule has 1 aromatic heterocycles. The molecular formula is C22H18FN3O2. The van der Waals surface area contributed by atoms with Gasteiger partial charge in [0.1, 0.15) is 11.3 Å². The number of Topliss-reactive ketones (excluding diaryl/α,β-unsaturated/α-hetero) is 1. The second kappa shape index (κ2) is 7.23. The van der Waals surface area contributed by atoms with Gasteiger partial charge in [-0.3, -0.25) is 4.79 Å². The number of ketones is 1. The molecule has 140 valence electrons. The molecule has 0 saturated heterocycles. The van der Waals surface area contributed by atoms with Crippen LogP contribution in [-0.2, 0) is 6.54 Å². The van der Waals surface area contributed by atoms with Crippen LogP contribution in [0.4, 0.5) is 10.1 Å². The molecule has 0 saturated carbocycles. The Morgan fingerprint density at radius 2 is 1.82 bits per heavy atom. The van der Waals surface area contributed by atoms with Crippen molar-refractivity contribution in [1.82, 2.24) is 10.3 Å². The molecule has 0 aliphatic heterocycles. The van der Waals surface area contributed by atoms with Crippen molar-refractivity contribution < 1.29 is 13.8 Å². The first-order chi connectivity index (χ1) is 13.5. The van der Waals surface area contributed by atoms with Crippen LogP contribution < -0.4 is 4.90 Å². The van der Waals surface area contributed by atoms with Gasteiger partial charge in [-0.2, -0.15) is 0 Å². The predicted octanol–water partition coefficient (Wildman–Crippen LogP) is 4.87. The Bertz CT molecular complexity index is 1150. The van der Waals surface area contributed by atoms with Crippen LogP contribution in [0.25, 0.3) is 22.2 Å². The molecule has 0 aliphatic carbocycles. The molecule has 0 radical (unpaired) electrons. The van der Waals surface area contributed by atoms with Gasteiger partial charge in [0.05, 0.1) is 5.69 Å². The van der Waals surface area contributed by atoms with Gasteiger partial charge in [-0.15, -0.1) is 0 Å². The molecule has 0 N–H and O–H groups in total. The number of aromatic nitrogens is 2. The average Bonchev–Trinajstić information content (AvgIpc) is 3.17. The first-order valence-electron chi connectivity index (χ1n) is 8.84. The third-order valence-electron chi connectivity index (χ3n) is 4.69. The first kappa shape index (κ1) is 17.9. The highest BCUT2D eigenvalue weighted by Gasteiger charge is 2.15. The normalized spacial score (nSPS) is 11.0. The van der Waals surface area contributed by atoms with Gasteiger partial charge in [-0.25, -0.2) is 9.02 Å². The second-order valence-electron chi connectivity index (χ2n) is 6.75. The minimum Gasteiger partial charge on any atom is -0.368 e. The van der Waals surface area contributed by atoms with Gasteiger partial charge < -0.3 is 4.90 Å². The summed E-state index contributed by atoms with van der Waals surface area (Å²) in [5, 5.41) is 8.03. The molecule has 28 heavy (non-hydrogen) atoms. The van der Waals surface area contributed by atoms with Gasteiger partial charge in [-0.05, 0) is 64.3 Å². The van der Waals surface area contributed by atoms with Crippen LogP contribution >= 0.6 is 0 Å². The summed E-state index contributed by atoms with van der Waals surface area (Å²) in [5.41, 5.74) is 5.56. The van der Waals surface area contributed by atoms with E-state index in [1.807, 2.05) is 42.3 Å². The first-order valence-corrected chi connectivity index (χ1v) is 8.84. The van der Waals surface area contributed by atoms with Gasteiger partial charge in [0, 0.05) is 19.2 Å². The molecule has 4 aromatic rings. The summed E-state index contributed by atoms with van der Waals surface area (Å²) in [6.45, 7) is 2.12. The maximum Gasteiger partial charge on any atom is 0.159 e. The molecule has 3 aromatic carbocycles. The third-order valence-corrected chi connectivity index (χ3v) is 4.69. The minimum atomic E-state index is -0.262. The molecule has 0 unspecified atom stereocenters. The lowest BCUT2D eigenvalue weighted by atomic mass is 10.00. The van der Waals surface area contributed by atoms with E-state index in [2.05, 4.69) is 10.3 Å². The summed E-state index contributed by atoms with van der Waals surface area (Å²) >= 11 is 0. The summed E-state index contributed by atoms with van der Waals surface area (Å²) in [6, 6.07) is 17.7. The number of carbonyl (C=O) groups excluding carboxylic acids is 1. The van der Waals surface area contributed by atoms with Gasteiger partial charge in [0.2, 0.25) is 0 Å². The zero-order valence-corrected chi connectivity index (χ0v) is 15.5. The smallest absolute Gasteiger partial charge is 0.159 e. The molecule has 0 atom stereocenters. The Labute approximate surface area is 161 Å². The van der Waals surface area contributed by atoms with Crippen LogP contribution in [0.5, 0.6) is 0 Å². The quantitative estimate of drug-likeness (QED) is 0.466. The number of anilines is 1. The number of rotatable bonds is 5. The standard InChI is InChI=1S/C22H18FN3O2/c1-14(27)16-4-3-5-17(10-16)18-11-20-22(25-28-24-20)21(12-18)26(2)13-15-6-8-19(23)9-7-15/h3-12H,13H2,1-2H3. The van der Waals surface area contributed by atoms with Crippen molar-refractivity contribution in [3.05, 3.63) is 77.6 Å². The number of halogens is 1. The van der Waals surface area contributed by atoms with E-state index in [4.69, 9.17) is 4.63 Å². The molecule has 0 spiro atoms. The van der Waals surface area contributed by atoms with E-state index in [-0.39, 0.29) is 11.6 Å². The van der Waals surface area contributed by atoms with E-state index in [9.17, 15) is 9.18 Å². The topological polar surface area (TPSA) is 59.2 Å². The Morgan fingerprint density at radius 1 is 1.04 bits per heavy atom. The number of nitrogens with zero attached hydrogens (tertiary/aromatic N) is 3. The molecule has 0 fully saturated rings. The van der Waals surface area contributed by atoms with E-state index in [0.29, 0.717) is 23.1 Å². The highest BCUT2D eigenvalue weighted by atomic mass is 19.1. The summed E-state index contributed by atoms with van der Waals surface area (Å²) in [5.74, 6) is -0.249. The van der Waals surface area contributed by atoms with Crippen molar-refractivity contribution in [3.8, 4) is 11.1 Å². The number of hydrogen-bond donors (Lipinski definition) is 0. The molecule has 5 nitrogen and oxygen atoms in total. The summed E-state index contributed by atoms with van der Waals surface area (Å²) in [7, 11) is 1.93. The fourth-order valence-electron chi connectivity index (χ4n) is 3.20. The fraction of sp³-hybridized carbons (Fsp3) is 0.136. The maximum atomic E-state index is 13.2. The van der Waals surface area contributed by atoms with Crippen LogP contribution in [0.1, 0.15) is 22.8 Å². The Hall–Kier alpha value is -3.54. The third kappa shape index (κ3) is 3.49. The van der Waals surface area contributed by atoms with Crippen LogP contribution in [0.3, 0.4) is 0 Å². The lowest BCUT2D eigenvalue weighted by Crippen LogP contribution is -2.17. The minimum absolute atomic E-state index is 0.0136. The summed E-state index contributed by atoms with van der Waals surface area (Å²) in [6.07, 6.45) is 0. The second-order valence-corrected chi connectivity index (χ2v) is 6.75. The van der Waals surface area contributed by atoms with Crippen LogP contribution in [0.15, 0.2) is 65.3 Å². The zero-order valence-electron chi connectivity index (χ0n) is 15.5. The maximum absolute atomic E-state index is 13.2. The Kier molecular flexibility index (Phi) is 4.61. The van der Waals surface area contributed by atoms with Gasteiger partial charge >= 0.3 is 0 Å². The van der Waals surface area contributed by atoms with Gasteiger partial charge in [0.25, 0.3) is 0 Å². The molecule has 0 bridgehead atoms. The summed E-state index contributed by atoms with van der Waals surface area (Å²) < 4.78 is 18.1. The van der Waals surface area contributed by atoms with E-state index in [0.717, 1.165) is 22.4 Å². The number of carbonyl (C=O) groups is 1. The van der Waals surface area contributed by atoms with Crippen LogP contribution in [-0.4, -0.2) is 23.1 Å². The van der Waals surface area contributed by atoms with E-state index in [1.165, 1.54) is 12.1 Å². The highest BCUT2D eigenvalue weighted by Crippen LogP contribution is 2.32. The fourth-order valence-corrected chi connectivity index (χ4v) is 3.20. The van der Waals surface area contributed by atoms with Crippen molar-refractivity contribution in [2.24, 2.45) is 0 Å². The largest absolute Gasteiger partial charge is 0.368 e. The van der Waals surface area contributed by atoms with E-state index >= 15 is 0 Å². The van der Waals surface area contributed by atoms with E-state index in [1.54, 1.807) is 25.1 Å². The monoisotopic (exact) mass is 375 g/mol. The van der Waals surface area contributed by atoms with Crippen molar-refractivity contribution in [3.63, 3.8) is 0 Å². The number of fused-ring (bicyclic) bond motifs is 1. The van der Waals surface area contributed by atoms with Crippen LogP contribution in [0.2, 0.25) is 0 Å². The SMILES string of the molecule is CC(=O)c1cccc(-c2cc(N(C)Cc3ccc(F)cc3)c3nonc3c2)c1. The highest BCUT2D eigenvalue weighted by molar-refractivity contribution is 5.97. The Balaban J connectivity index is 1.76. The van der Waals surface area contributed by atoms with Gasteiger partial charge in [0.15, 0.2) is 11.3 Å². The number of hydrogen-bond acceptors (Lipinski definition) is 5. The number of benzene rings is 3. The lowest BCUT2D eigenvalue weighted by molar-refractivity contribution is 0.101. The average molecular weight is 375 g/mol. The van der Waals surface area contributed by atoms with Crippen molar-refractivity contribution in [1.29, 1.82) is 0 Å². The molecule has 0 aliphatic rings. The molecule has 4 rings (SSSR count). The summed E-state index contributed by atoms with van der Waals surface area (Å²) in [4.78, 5) is 13.7.